The second-order valence-electron chi connectivity index (χ2n) is 7.89. The van der Waals surface area contributed by atoms with Crippen molar-refractivity contribution in [3.8, 4) is 0 Å². The molecular weight excluding hydrogens is 350 g/mol. The van der Waals surface area contributed by atoms with E-state index in [9.17, 15) is 9.59 Å². The molecule has 146 valence electrons. The number of carbonyl (C=O) groups excluding carboxylic acids is 2. The smallest absolute Gasteiger partial charge is 0.243 e. The van der Waals surface area contributed by atoms with Gasteiger partial charge < -0.3 is 10.2 Å². The molecule has 1 N–H and O–H groups in total. The van der Waals surface area contributed by atoms with E-state index in [1.54, 1.807) is 0 Å². The maximum atomic E-state index is 13.8. The quantitative estimate of drug-likeness (QED) is 0.887. The molecule has 0 atom stereocenters. The lowest BCUT2D eigenvalue weighted by atomic mass is 9.90. The zero-order valence-electron chi connectivity index (χ0n) is 16.4. The number of hydrogen-bond donors (Lipinski definition) is 1. The van der Waals surface area contributed by atoms with Crippen LogP contribution in [0.3, 0.4) is 0 Å². The molecule has 1 aliphatic carbocycles. The van der Waals surface area contributed by atoms with Gasteiger partial charge in [-0.25, -0.2) is 0 Å². The second kappa shape index (κ2) is 7.76. The van der Waals surface area contributed by atoms with Gasteiger partial charge in [0.1, 0.15) is 5.54 Å². The molecule has 2 aromatic carbocycles. The summed E-state index contributed by atoms with van der Waals surface area (Å²) in [5, 5.41) is 2.87. The molecule has 5 nitrogen and oxygen atoms in total. The molecule has 1 aliphatic heterocycles. The fourth-order valence-corrected chi connectivity index (χ4v) is 4.45. The van der Waals surface area contributed by atoms with Gasteiger partial charge in [0, 0.05) is 45.4 Å². The van der Waals surface area contributed by atoms with E-state index in [-0.39, 0.29) is 11.8 Å². The summed E-state index contributed by atoms with van der Waals surface area (Å²) in [6, 6.07) is 18.6. The SMILES string of the molecule is CN(Cc1ccccc1)C1(C(=O)N2CCNC(=O)CC2)Cc2ccccc2C1. The molecule has 0 saturated carbocycles. The van der Waals surface area contributed by atoms with Gasteiger partial charge in [0.15, 0.2) is 0 Å². The van der Waals surface area contributed by atoms with Crippen LogP contribution in [0.25, 0.3) is 0 Å². The van der Waals surface area contributed by atoms with E-state index in [4.69, 9.17) is 0 Å². The van der Waals surface area contributed by atoms with E-state index in [2.05, 4.69) is 41.5 Å². The first kappa shape index (κ1) is 18.7. The Morgan fingerprint density at radius 1 is 1.04 bits per heavy atom. The number of amides is 2. The highest BCUT2D eigenvalue weighted by Crippen LogP contribution is 2.36. The number of fused-ring (bicyclic) bond motifs is 1. The van der Waals surface area contributed by atoms with Crippen LogP contribution in [0.2, 0.25) is 0 Å². The minimum Gasteiger partial charge on any atom is -0.354 e. The zero-order chi connectivity index (χ0) is 19.6. The molecule has 5 heteroatoms. The van der Waals surface area contributed by atoms with Crippen LogP contribution in [0.5, 0.6) is 0 Å². The fourth-order valence-electron chi connectivity index (χ4n) is 4.45. The summed E-state index contributed by atoms with van der Waals surface area (Å²) in [4.78, 5) is 29.7. The van der Waals surface area contributed by atoms with Crippen LogP contribution >= 0.6 is 0 Å². The first-order valence-electron chi connectivity index (χ1n) is 9.96. The maximum Gasteiger partial charge on any atom is 0.243 e. The standard InChI is InChI=1S/C23H27N3O2/c1-25(17-18-7-3-2-4-8-18)23(15-19-9-5-6-10-20(19)16-23)22(28)26-13-11-21(27)24-12-14-26/h2-10H,11-17H2,1H3,(H,24,27). The number of nitrogens with zero attached hydrogens (tertiary/aromatic N) is 2. The Balaban J connectivity index is 1.64. The van der Waals surface area contributed by atoms with Crippen LogP contribution in [0, 0.1) is 0 Å². The molecule has 1 fully saturated rings. The molecule has 1 saturated heterocycles. The molecule has 0 spiro atoms. The Kier molecular flexibility index (Phi) is 5.18. The molecule has 2 aliphatic rings. The van der Waals surface area contributed by atoms with Crippen molar-refractivity contribution < 1.29 is 9.59 Å². The number of hydrogen-bond acceptors (Lipinski definition) is 3. The lowest BCUT2D eigenvalue weighted by molar-refractivity contribution is -0.143. The topological polar surface area (TPSA) is 52.7 Å². The molecule has 4 rings (SSSR count). The lowest BCUT2D eigenvalue weighted by Crippen LogP contribution is -2.59. The van der Waals surface area contributed by atoms with Crippen LogP contribution in [0.1, 0.15) is 23.1 Å². The Hall–Kier alpha value is -2.66. The van der Waals surface area contributed by atoms with Crippen LogP contribution in [-0.4, -0.2) is 53.8 Å². The maximum absolute atomic E-state index is 13.8. The van der Waals surface area contributed by atoms with E-state index < -0.39 is 5.54 Å². The lowest BCUT2D eigenvalue weighted by Gasteiger charge is -2.41. The zero-order valence-corrected chi connectivity index (χ0v) is 16.4. The first-order valence-corrected chi connectivity index (χ1v) is 9.96. The molecule has 0 radical (unpaired) electrons. The molecular formula is C23H27N3O2. The molecule has 0 bridgehead atoms. The summed E-state index contributed by atoms with van der Waals surface area (Å²) in [6.07, 6.45) is 1.80. The summed E-state index contributed by atoms with van der Waals surface area (Å²) in [6.45, 7) is 2.30. The third-order valence-corrected chi connectivity index (χ3v) is 6.08. The second-order valence-corrected chi connectivity index (χ2v) is 7.89. The predicted octanol–water partition coefficient (Wildman–Crippen LogP) is 2.00. The predicted molar refractivity (Wildman–Crippen MR) is 109 cm³/mol. The summed E-state index contributed by atoms with van der Waals surface area (Å²) in [7, 11) is 2.05. The van der Waals surface area contributed by atoms with Crippen molar-refractivity contribution in [1.29, 1.82) is 0 Å². The highest BCUT2D eigenvalue weighted by Gasteiger charge is 2.48. The Labute approximate surface area is 166 Å². The summed E-state index contributed by atoms with van der Waals surface area (Å²) in [5.74, 6) is 0.162. The van der Waals surface area contributed by atoms with Crippen molar-refractivity contribution in [2.45, 2.75) is 31.3 Å². The van der Waals surface area contributed by atoms with E-state index in [0.29, 0.717) is 45.4 Å². The fraction of sp³-hybridized carbons (Fsp3) is 0.391. The van der Waals surface area contributed by atoms with Gasteiger partial charge in [0.25, 0.3) is 0 Å². The number of benzene rings is 2. The normalized spacial score (nSPS) is 18.5. The Morgan fingerprint density at radius 2 is 1.68 bits per heavy atom. The van der Waals surface area contributed by atoms with Crippen molar-refractivity contribution in [2.24, 2.45) is 0 Å². The van der Waals surface area contributed by atoms with Gasteiger partial charge in [-0.05, 0) is 23.7 Å². The Morgan fingerprint density at radius 3 is 2.36 bits per heavy atom. The van der Waals surface area contributed by atoms with Gasteiger partial charge in [0.05, 0.1) is 0 Å². The minimum atomic E-state index is -0.604. The molecule has 0 unspecified atom stereocenters. The van der Waals surface area contributed by atoms with Crippen LogP contribution in [-0.2, 0) is 29.0 Å². The summed E-state index contributed by atoms with van der Waals surface area (Å²) in [5.41, 5.74) is 3.09. The van der Waals surface area contributed by atoms with Crippen molar-refractivity contribution in [3.05, 3.63) is 71.3 Å². The van der Waals surface area contributed by atoms with E-state index in [1.807, 2.05) is 35.2 Å². The third kappa shape index (κ3) is 3.54. The van der Waals surface area contributed by atoms with E-state index >= 15 is 0 Å². The molecule has 28 heavy (non-hydrogen) atoms. The highest BCUT2D eigenvalue weighted by atomic mass is 16.2. The van der Waals surface area contributed by atoms with Gasteiger partial charge in [-0.15, -0.1) is 0 Å². The van der Waals surface area contributed by atoms with E-state index in [0.717, 1.165) is 0 Å². The number of carbonyl (C=O) groups is 2. The minimum absolute atomic E-state index is 0.0247. The molecule has 2 aromatic rings. The molecule has 1 heterocycles. The van der Waals surface area contributed by atoms with Crippen LogP contribution < -0.4 is 5.32 Å². The van der Waals surface area contributed by atoms with E-state index in [1.165, 1.54) is 16.7 Å². The summed E-state index contributed by atoms with van der Waals surface area (Å²) >= 11 is 0. The molecule has 2 amide bonds. The monoisotopic (exact) mass is 377 g/mol. The third-order valence-electron chi connectivity index (χ3n) is 6.08. The number of nitrogens with one attached hydrogen (secondary N) is 1. The average molecular weight is 377 g/mol. The first-order chi connectivity index (χ1) is 13.6. The average Bonchev–Trinajstić information content (AvgIpc) is 2.99. The van der Waals surface area contributed by atoms with Crippen LogP contribution in [0.15, 0.2) is 54.6 Å². The van der Waals surface area contributed by atoms with Gasteiger partial charge in [-0.2, -0.15) is 0 Å². The number of rotatable bonds is 4. The van der Waals surface area contributed by atoms with Crippen molar-refractivity contribution in [3.63, 3.8) is 0 Å². The number of likely N-dealkylation sites (N-methyl/N-ethyl adjacent to an activating group) is 1. The van der Waals surface area contributed by atoms with Gasteiger partial charge in [0.2, 0.25) is 11.8 Å². The van der Waals surface area contributed by atoms with Crippen molar-refractivity contribution >= 4 is 11.8 Å². The summed E-state index contributed by atoms with van der Waals surface area (Å²) < 4.78 is 0. The Bertz CT molecular complexity index is 840. The van der Waals surface area contributed by atoms with Crippen LogP contribution in [0.4, 0.5) is 0 Å². The van der Waals surface area contributed by atoms with Gasteiger partial charge in [-0.3, -0.25) is 14.5 Å². The van der Waals surface area contributed by atoms with Crippen molar-refractivity contribution in [2.75, 3.05) is 26.7 Å². The highest BCUT2D eigenvalue weighted by molar-refractivity contribution is 5.89. The van der Waals surface area contributed by atoms with Crippen molar-refractivity contribution in [1.82, 2.24) is 15.1 Å². The largest absolute Gasteiger partial charge is 0.354 e. The van der Waals surface area contributed by atoms with Gasteiger partial charge >= 0.3 is 0 Å². The van der Waals surface area contributed by atoms with Gasteiger partial charge in [-0.1, -0.05) is 54.6 Å². The molecule has 0 aromatic heterocycles.